The van der Waals surface area contributed by atoms with E-state index in [1.165, 1.54) is 5.56 Å². The lowest BCUT2D eigenvalue weighted by molar-refractivity contribution is -0.141. The number of carbonyl (C=O) groups excluding carboxylic acids is 1. The van der Waals surface area contributed by atoms with Crippen LogP contribution in [0.25, 0.3) is 0 Å². The van der Waals surface area contributed by atoms with Crippen molar-refractivity contribution in [1.82, 2.24) is 10.2 Å². The van der Waals surface area contributed by atoms with E-state index < -0.39 is 5.54 Å². The number of amides is 1. The molecule has 5 heteroatoms. The molecule has 1 aliphatic rings. The molecule has 1 amide bonds. The zero-order chi connectivity index (χ0) is 19.8. The van der Waals surface area contributed by atoms with Crippen molar-refractivity contribution in [2.45, 2.75) is 31.7 Å². The van der Waals surface area contributed by atoms with E-state index in [9.17, 15) is 4.79 Å². The average molecular weight is 383 g/mol. The van der Waals surface area contributed by atoms with E-state index in [1.54, 1.807) is 7.11 Å². The van der Waals surface area contributed by atoms with Crippen molar-refractivity contribution in [3.05, 3.63) is 60.2 Å². The molecule has 150 valence electrons. The lowest BCUT2D eigenvalue weighted by Crippen LogP contribution is -2.66. The predicted molar refractivity (Wildman–Crippen MR) is 111 cm³/mol. The molecule has 0 radical (unpaired) electrons. The van der Waals surface area contributed by atoms with Crippen LogP contribution in [-0.4, -0.2) is 49.7 Å². The van der Waals surface area contributed by atoms with Crippen LogP contribution in [-0.2, 0) is 11.2 Å². The molecule has 0 saturated carbocycles. The average Bonchev–Trinajstić information content (AvgIpc) is 2.73. The van der Waals surface area contributed by atoms with Gasteiger partial charge in [0, 0.05) is 6.54 Å². The van der Waals surface area contributed by atoms with Crippen molar-refractivity contribution < 1.29 is 14.3 Å². The van der Waals surface area contributed by atoms with Gasteiger partial charge < -0.3 is 14.8 Å². The summed E-state index contributed by atoms with van der Waals surface area (Å²) in [4.78, 5) is 14.9. The highest BCUT2D eigenvalue weighted by Crippen LogP contribution is 2.30. The Labute approximate surface area is 167 Å². The fourth-order valence-corrected chi connectivity index (χ4v) is 3.54. The van der Waals surface area contributed by atoms with E-state index in [0.717, 1.165) is 43.9 Å². The third-order valence-electron chi connectivity index (χ3n) is 5.51. The number of hydrogen-bond donors (Lipinski definition) is 1. The zero-order valence-electron chi connectivity index (χ0n) is 16.8. The van der Waals surface area contributed by atoms with Gasteiger partial charge in [0.25, 0.3) is 0 Å². The molecule has 28 heavy (non-hydrogen) atoms. The fraction of sp³-hybridized carbons (Fsp3) is 0.435. The lowest BCUT2D eigenvalue weighted by Gasteiger charge is -2.49. The monoisotopic (exact) mass is 382 g/mol. The van der Waals surface area contributed by atoms with Gasteiger partial charge in [-0.05, 0) is 62.6 Å². The van der Waals surface area contributed by atoms with E-state index in [0.29, 0.717) is 13.2 Å². The third kappa shape index (κ3) is 5.04. The standard InChI is InChI=1S/C23H30N2O3/c1-23(14-17-25(23)16-6-9-19-7-4-3-5-8-19)22(26)24-15-18-28-21-12-10-20(27-2)11-13-21/h3-5,7-8,10-13H,6,9,14-18H2,1-2H3,(H,24,26). The predicted octanol–water partition coefficient (Wildman–Crippen LogP) is 3.29. The summed E-state index contributed by atoms with van der Waals surface area (Å²) in [7, 11) is 1.64. The Kier molecular flexibility index (Phi) is 6.93. The fourth-order valence-electron chi connectivity index (χ4n) is 3.54. The van der Waals surface area contributed by atoms with E-state index in [2.05, 4.69) is 34.5 Å². The Morgan fingerprint density at radius 3 is 2.46 bits per heavy atom. The van der Waals surface area contributed by atoms with Crippen molar-refractivity contribution in [2.75, 3.05) is 33.4 Å². The number of methoxy groups -OCH3 is 1. The molecule has 2 aromatic rings. The Morgan fingerprint density at radius 1 is 1.11 bits per heavy atom. The number of ether oxygens (including phenoxy) is 2. The maximum absolute atomic E-state index is 12.7. The number of benzene rings is 2. The number of likely N-dealkylation sites (tertiary alicyclic amines) is 1. The highest BCUT2D eigenvalue weighted by atomic mass is 16.5. The van der Waals surface area contributed by atoms with Crippen molar-refractivity contribution >= 4 is 5.91 Å². The van der Waals surface area contributed by atoms with Gasteiger partial charge in [-0.15, -0.1) is 0 Å². The summed E-state index contributed by atoms with van der Waals surface area (Å²) < 4.78 is 10.8. The van der Waals surface area contributed by atoms with Crippen LogP contribution in [0.15, 0.2) is 54.6 Å². The first kappa shape index (κ1) is 20.2. The van der Waals surface area contributed by atoms with Crippen molar-refractivity contribution in [3.8, 4) is 11.5 Å². The topological polar surface area (TPSA) is 50.8 Å². The Morgan fingerprint density at radius 2 is 1.82 bits per heavy atom. The van der Waals surface area contributed by atoms with E-state index in [-0.39, 0.29) is 5.91 Å². The quantitative estimate of drug-likeness (QED) is 0.641. The molecule has 0 bridgehead atoms. The van der Waals surface area contributed by atoms with Crippen molar-refractivity contribution in [3.63, 3.8) is 0 Å². The molecule has 1 saturated heterocycles. The minimum atomic E-state index is -0.392. The van der Waals surface area contributed by atoms with E-state index in [1.807, 2.05) is 37.3 Å². The lowest BCUT2D eigenvalue weighted by atomic mass is 9.85. The van der Waals surface area contributed by atoms with Crippen LogP contribution in [0.2, 0.25) is 0 Å². The molecule has 1 aliphatic heterocycles. The number of aryl methyl sites for hydroxylation is 1. The first-order chi connectivity index (χ1) is 13.6. The van der Waals surface area contributed by atoms with E-state index >= 15 is 0 Å². The van der Waals surface area contributed by atoms with Crippen LogP contribution in [0.3, 0.4) is 0 Å². The molecular formula is C23H30N2O3. The summed E-state index contributed by atoms with van der Waals surface area (Å²) in [5.41, 5.74) is 0.960. The number of hydrogen-bond acceptors (Lipinski definition) is 4. The molecule has 1 unspecified atom stereocenters. The van der Waals surface area contributed by atoms with Gasteiger partial charge in [0.1, 0.15) is 18.1 Å². The van der Waals surface area contributed by atoms with Crippen LogP contribution in [0.4, 0.5) is 0 Å². The van der Waals surface area contributed by atoms with Crippen LogP contribution >= 0.6 is 0 Å². The van der Waals surface area contributed by atoms with Gasteiger partial charge in [0.05, 0.1) is 19.2 Å². The Bertz CT molecular complexity index is 748. The summed E-state index contributed by atoms with van der Waals surface area (Å²) in [6.45, 7) is 4.92. The zero-order valence-corrected chi connectivity index (χ0v) is 16.8. The maximum Gasteiger partial charge on any atom is 0.240 e. The highest BCUT2D eigenvalue weighted by Gasteiger charge is 2.46. The first-order valence-corrected chi connectivity index (χ1v) is 9.96. The SMILES string of the molecule is COc1ccc(OCCNC(=O)C2(C)CCN2CCCc2ccccc2)cc1. The molecule has 1 fully saturated rings. The molecule has 1 atom stereocenters. The third-order valence-corrected chi connectivity index (χ3v) is 5.51. The second-order valence-corrected chi connectivity index (χ2v) is 7.38. The van der Waals surface area contributed by atoms with Crippen molar-refractivity contribution in [2.24, 2.45) is 0 Å². The second-order valence-electron chi connectivity index (χ2n) is 7.38. The molecule has 5 nitrogen and oxygen atoms in total. The summed E-state index contributed by atoms with van der Waals surface area (Å²) in [6, 6.07) is 17.9. The molecule has 0 spiro atoms. The summed E-state index contributed by atoms with van der Waals surface area (Å²) in [5.74, 6) is 1.66. The molecule has 1 N–H and O–H groups in total. The summed E-state index contributed by atoms with van der Waals surface area (Å²) >= 11 is 0. The van der Waals surface area contributed by atoms with Gasteiger partial charge in [-0.3, -0.25) is 9.69 Å². The number of nitrogens with one attached hydrogen (secondary N) is 1. The van der Waals surface area contributed by atoms with Crippen LogP contribution in [0, 0.1) is 0 Å². The molecule has 1 heterocycles. The van der Waals surface area contributed by atoms with Gasteiger partial charge in [-0.25, -0.2) is 0 Å². The molecular weight excluding hydrogens is 352 g/mol. The highest BCUT2D eigenvalue weighted by molar-refractivity contribution is 5.86. The van der Waals surface area contributed by atoms with Gasteiger partial charge in [0.2, 0.25) is 5.91 Å². The summed E-state index contributed by atoms with van der Waals surface area (Å²) in [5, 5.41) is 3.03. The van der Waals surface area contributed by atoms with Crippen LogP contribution in [0.5, 0.6) is 11.5 Å². The largest absolute Gasteiger partial charge is 0.497 e. The number of carbonyl (C=O) groups is 1. The second kappa shape index (κ2) is 9.60. The molecule has 2 aromatic carbocycles. The molecule has 0 aliphatic carbocycles. The van der Waals surface area contributed by atoms with Gasteiger partial charge >= 0.3 is 0 Å². The smallest absolute Gasteiger partial charge is 0.240 e. The molecule has 3 rings (SSSR count). The first-order valence-electron chi connectivity index (χ1n) is 9.96. The Balaban J connectivity index is 1.36. The van der Waals surface area contributed by atoms with Crippen LogP contribution in [0.1, 0.15) is 25.3 Å². The van der Waals surface area contributed by atoms with Crippen LogP contribution < -0.4 is 14.8 Å². The minimum Gasteiger partial charge on any atom is -0.497 e. The number of rotatable bonds is 10. The van der Waals surface area contributed by atoms with Gasteiger partial charge in [-0.1, -0.05) is 30.3 Å². The minimum absolute atomic E-state index is 0.0943. The Hall–Kier alpha value is -2.53. The molecule has 0 aromatic heterocycles. The van der Waals surface area contributed by atoms with E-state index in [4.69, 9.17) is 9.47 Å². The van der Waals surface area contributed by atoms with Gasteiger partial charge in [-0.2, -0.15) is 0 Å². The van der Waals surface area contributed by atoms with Gasteiger partial charge in [0.15, 0.2) is 0 Å². The number of nitrogens with zero attached hydrogens (tertiary/aromatic N) is 1. The van der Waals surface area contributed by atoms with Crippen molar-refractivity contribution in [1.29, 1.82) is 0 Å². The normalized spacial score (nSPS) is 18.9. The maximum atomic E-state index is 12.7. The summed E-state index contributed by atoms with van der Waals surface area (Å²) in [6.07, 6.45) is 3.02.